The highest BCUT2D eigenvalue weighted by molar-refractivity contribution is 6.37. The third kappa shape index (κ3) is 4.86. The number of hydrogen-bond donors (Lipinski definition) is 0. The van der Waals surface area contributed by atoms with Crippen molar-refractivity contribution in [2.45, 2.75) is 109 Å². The Balaban J connectivity index is 1.75. The van der Waals surface area contributed by atoms with Crippen molar-refractivity contribution in [3.63, 3.8) is 0 Å². The molecule has 1 heterocycles. The number of rotatable bonds is 11. The number of fused-ring (bicyclic) bond motifs is 3. The maximum Gasteiger partial charge on any atom is 0.163 e. The first-order valence-corrected chi connectivity index (χ1v) is 13.6. The first kappa shape index (κ1) is 23.6. The number of aryl methyl sites for hydroxylation is 1. The van der Waals surface area contributed by atoms with E-state index in [2.05, 4.69) is 57.2 Å². The normalized spacial score (nSPS) is 18.8. The Labute approximate surface area is 197 Å². The zero-order valence-electron chi connectivity index (χ0n) is 20.8. The maximum absolute atomic E-state index is 6.21. The summed E-state index contributed by atoms with van der Waals surface area (Å²) < 4.78 is 6.21. The Kier molecular flexibility index (Phi) is 8.16. The van der Waals surface area contributed by atoms with Crippen molar-refractivity contribution < 1.29 is 4.74 Å². The van der Waals surface area contributed by atoms with Crippen molar-refractivity contribution in [1.82, 2.24) is 0 Å². The second-order valence-electron chi connectivity index (χ2n) is 10.4. The molecule has 0 spiro atoms. The van der Waals surface area contributed by atoms with Gasteiger partial charge in [-0.1, -0.05) is 113 Å². The highest BCUT2D eigenvalue weighted by atomic mass is 16.5. The molecule has 1 nitrogen and oxygen atoms in total. The van der Waals surface area contributed by atoms with Gasteiger partial charge in [0.15, 0.2) is 7.28 Å². The van der Waals surface area contributed by atoms with Gasteiger partial charge in [-0.15, -0.1) is 0 Å². The molecule has 2 heteroatoms. The predicted octanol–water partition coefficient (Wildman–Crippen LogP) is 8.48. The topological polar surface area (TPSA) is 9.23 Å². The van der Waals surface area contributed by atoms with E-state index in [1.807, 2.05) is 0 Å². The van der Waals surface area contributed by atoms with E-state index in [1.165, 1.54) is 106 Å². The Bertz CT molecular complexity index is 868. The van der Waals surface area contributed by atoms with Gasteiger partial charge in [-0.3, -0.25) is 0 Å². The third-order valence-electron chi connectivity index (χ3n) is 8.01. The largest absolute Gasteiger partial charge is 0.382 e. The van der Waals surface area contributed by atoms with Gasteiger partial charge in [-0.2, -0.15) is 0 Å². The summed E-state index contributed by atoms with van der Waals surface area (Å²) in [4.78, 5) is 0. The maximum atomic E-state index is 6.21. The lowest BCUT2D eigenvalue weighted by molar-refractivity contribution is 0.0944. The predicted molar refractivity (Wildman–Crippen MR) is 140 cm³/mol. The molecule has 2 aromatic carbocycles. The zero-order chi connectivity index (χ0) is 22.4. The van der Waals surface area contributed by atoms with Crippen LogP contribution in [0.15, 0.2) is 36.4 Å². The van der Waals surface area contributed by atoms with Gasteiger partial charge in [0, 0.05) is 12.0 Å². The van der Waals surface area contributed by atoms with E-state index < -0.39 is 0 Å². The van der Waals surface area contributed by atoms with Crippen LogP contribution >= 0.6 is 0 Å². The van der Waals surface area contributed by atoms with Gasteiger partial charge in [0.05, 0.1) is 6.00 Å². The second-order valence-corrected chi connectivity index (χ2v) is 10.4. The minimum atomic E-state index is 0.183. The van der Waals surface area contributed by atoms with Crippen LogP contribution in [0.1, 0.15) is 113 Å². The first-order valence-electron chi connectivity index (χ1n) is 13.6. The lowest BCUT2D eigenvalue weighted by Gasteiger charge is -2.34. The van der Waals surface area contributed by atoms with Crippen LogP contribution < -0.4 is 0 Å². The highest BCUT2D eigenvalue weighted by Crippen LogP contribution is 2.55. The lowest BCUT2D eigenvalue weighted by Crippen LogP contribution is -2.26. The highest BCUT2D eigenvalue weighted by Gasteiger charge is 2.42. The molecule has 0 aromatic heterocycles. The summed E-state index contributed by atoms with van der Waals surface area (Å²) >= 11 is 0. The molecule has 1 aliphatic heterocycles. The molecule has 1 aliphatic carbocycles. The minimum absolute atomic E-state index is 0.183. The molecule has 0 amide bonds. The monoisotopic (exact) mass is 430 g/mol. The zero-order valence-corrected chi connectivity index (χ0v) is 20.8. The number of hydrogen-bond acceptors (Lipinski definition) is 1. The van der Waals surface area contributed by atoms with Gasteiger partial charge in [-0.05, 0) is 54.0 Å². The molecule has 32 heavy (non-hydrogen) atoms. The van der Waals surface area contributed by atoms with Gasteiger partial charge in [-0.25, -0.2) is 0 Å². The van der Waals surface area contributed by atoms with Crippen molar-refractivity contribution in [2.24, 2.45) is 0 Å². The molecular weight excluding hydrogens is 387 g/mol. The van der Waals surface area contributed by atoms with Crippen LogP contribution in [-0.4, -0.2) is 13.9 Å². The van der Waals surface area contributed by atoms with E-state index in [0.717, 1.165) is 6.61 Å². The summed E-state index contributed by atoms with van der Waals surface area (Å²) in [7, 11) is 1.17. The summed E-state index contributed by atoms with van der Waals surface area (Å²) in [6.45, 7) is 7.82. The van der Waals surface area contributed by atoms with Crippen LogP contribution in [0.2, 0.25) is 6.32 Å². The van der Waals surface area contributed by atoms with Crippen molar-refractivity contribution >= 4 is 7.28 Å². The molecule has 172 valence electrons. The number of benzene rings is 2. The molecule has 1 fully saturated rings. The molecule has 1 saturated heterocycles. The minimum Gasteiger partial charge on any atom is -0.382 e. The van der Waals surface area contributed by atoms with Gasteiger partial charge in [0.2, 0.25) is 0 Å². The standard InChI is InChI=1S/C30H43BO/c1-4-6-8-10-17-30(18-11-9-7-5-2)27-21-23(3)13-15-25(27)26-16-14-24(22-28(26)30)29-31-19-12-20-32-29/h13-16,21-22,29,31H,4-12,17-20H2,1-3H3. The van der Waals surface area contributed by atoms with E-state index in [-0.39, 0.29) is 11.4 Å². The molecule has 1 atom stereocenters. The Morgan fingerprint density at radius 2 is 1.50 bits per heavy atom. The van der Waals surface area contributed by atoms with Crippen molar-refractivity contribution in [1.29, 1.82) is 0 Å². The summed E-state index contributed by atoms with van der Waals surface area (Å²) in [6.07, 6.45) is 15.8. The smallest absolute Gasteiger partial charge is 0.163 e. The fourth-order valence-corrected chi connectivity index (χ4v) is 6.20. The molecule has 2 aromatic rings. The van der Waals surface area contributed by atoms with Gasteiger partial charge in [0.25, 0.3) is 0 Å². The summed E-state index contributed by atoms with van der Waals surface area (Å²) in [5.41, 5.74) is 9.21. The van der Waals surface area contributed by atoms with Crippen LogP contribution in [0.25, 0.3) is 11.1 Å². The number of ether oxygens (including phenoxy) is 1. The third-order valence-corrected chi connectivity index (χ3v) is 8.01. The Morgan fingerprint density at radius 3 is 2.12 bits per heavy atom. The average Bonchev–Trinajstić information content (AvgIpc) is 3.09. The molecule has 0 saturated carbocycles. The quantitative estimate of drug-likeness (QED) is 0.257. The van der Waals surface area contributed by atoms with E-state index in [1.54, 1.807) is 11.1 Å². The molecule has 0 radical (unpaired) electrons. The van der Waals surface area contributed by atoms with E-state index in [0.29, 0.717) is 0 Å². The van der Waals surface area contributed by atoms with Crippen LogP contribution in [0.4, 0.5) is 0 Å². The van der Waals surface area contributed by atoms with Crippen LogP contribution in [0.5, 0.6) is 0 Å². The van der Waals surface area contributed by atoms with Crippen LogP contribution in [0.3, 0.4) is 0 Å². The van der Waals surface area contributed by atoms with Gasteiger partial charge in [0.1, 0.15) is 0 Å². The Hall–Kier alpha value is -1.54. The molecule has 1 unspecified atom stereocenters. The SMILES string of the molecule is CCCCCCC1(CCCCCC)c2cc(C)ccc2-c2ccc(C3BCCCO3)cc21. The summed E-state index contributed by atoms with van der Waals surface area (Å²) in [6, 6.07) is 14.9. The molecule has 4 rings (SSSR count). The fraction of sp³-hybridized carbons (Fsp3) is 0.600. The van der Waals surface area contributed by atoms with Gasteiger partial charge >= 0.3 is 0 Å². The van der Waals surface area contributed by atoms with Crippen molar-refractivity contribution in [3.8, 4) is 11.1 Å². The van der Waals surface area contributed by atoms with Gasteiger partial charge < -0.3 is 4.74 Å². The fourth-order valence-electron chi connectivity index (χ4n) is 6.20. The van der Waals surface area contributed by atoms with Crippen molar-refractivity contribution in [3.05, 3.63) is 58.7 Å². The van der Waals surface area contributed by atoms with E-state index in [9.17, 15) is 0 Å². The van der Waals surface area contributed by atoms with Crippen LogP contribution in [-0.2, 0) is 10.2 Å². The molecule has 2 aliphatic rings. The Morgan fingerprint density at radius 1 is 0.844 bits per heavy atom. The van der Waals surface area contributed by atoms with E-state index >= 15 is 0 Å². The number of unbranched alkanes of at least 4 members (excludes halogenated alkanes) is 6. The van der Waals surface area contributed by atoms with Crippen LogP contribution in [0, 0.1) is 6.92 Å². The summed E-state index contributed by atoms with van der Waals surface area (Å²) in [5, 5.41) is 0. The average molecular weight is 430 g/mol. The van der Waals surface area contributed by atoms with Crippen molar-refractivity contribution in [2.75, 3.05) is 6.61 Å². The summed E-state index contributed by atoms with van der Waals surface area (Å²) in [5.74, 6) is 0. The molecule has 0 N–H and O–H groups in total. The first-order chi connectivity index (χ1) is 15.7. The molecule has 0 bridgehead atoms. The second kappa shape index (κ2) is 11.1. The lowest BCUT2D eigenvalue weighted by atomic mass is 9.63. The molecular formula is C30H43BO. The van der Waals surface area contributed by atoms with E-state index in [4.69, 9.17) is 4.74 Å².